The second-order valence-electron chi connectivity index (χ2n) is 34.5. The van der Waals surface area contributed by atoms with Crippen LogP contribution in [-0.2, 0) is 54.1 Å². The van der Waals surface area contributed by atoms with E-state index in [9.17, 15) is 24.0 Å². The maximum atomic E-state index is 12.7. The minimum absolute atomic E-state index is 0. The van der Waals surface area contributed by atoms with E-state index in [4.69, 9.17) is 22.1 Å². The molecule has 2 N–H and O–H groups in total. The van der Waals surface area contributed by atoms with Crippen LogP contribution in [0.25, 0.3) is 0 Å². The summed E-state index contributed by atoms with van der Waals surface area (Å²) in [5.74, 6) is 5.50. The van der Waals surface area contributed by atoms with Crippen LogP contribution in [0.3, 0.4) is 0 Å². The second-order valence-corrected chi connectivity index (χ2v) is 34.5. The van der Waals surface area contributed by atoms with Crippen molar-refractivity contribution in [2.75, 3.05) is 19.8 Å². The predicted molar refractivity (Wildman–Crippen MR) is 378 cm³/mol. The van der Waals surface area contributed by atoms with E-state index >= 15 is 0 Å². The number of carboxylic acid groups (broad SMARTS) is 1. The molecule has 10 aliphatic carbocycles. The van der Waals surface area contributed by atoms with Crippen LogP contribution in [0.2, 0.25) is 0 Å². The van der Waals surface area contributed by atoms with Crippen molar-refractivity contribution in [2.24, 2.45) is 125 Å². The monoisotopic (exact) mass is 1330 g/mol. The number of hydrogen-bond donors (Lipinski definition) is 2. The third-order valence-electron chi connectivity index (χ3n) is 30.5. The fourth-order valence-electron chi connectivity index (χ4n) is 25.2. The topological polar surface area (TPSA) is 172 Å². The molecule has 10 saturated carbocycles. The van der Waals surface area contributed by atoms with Gasteiger partial charge in [0.05, 0.1) is 13.2 Å². The number of fused-ring (bicyclic) bond motifs is 14. The number of rotatable bonds is 13. The summed E-state index contributed by atoms with van der Waals surface area (Å²) in [4.78, 5) is 65.4. The van der Waals surface area contributed by atoms with Crippen molar-refractivity contribution in [3.05, 3.63) is 60.2 Å². The number of carboxylic acids is 1. The van der Waals surface area contributed by atoms with Gasteiger partial charge in [-0.05, 0) is 257 Å². The SMILES string of the molecule is C=C(C)[C@@H]1CC[C@]2(C=O)CC[C@]3(C)C(CCC4[C@@]5(C)CC[C@H](C)[C@@](C)(COC(C)=O)C5CC[C@]43C)C12.C=C(C)[C@@H]1CC[C@]2(CNCc3ccccc3)CC[C@]3(C)C(CCC4[C@@]5(C)CC[C@H](C)[C@@](C)(COC(C)=O)C5CC[C@]43C)C12.CC(=O)O.CC(=O)O[B-]OC(C)=O.[2H]C.[2H]C.[Na+]. The molecule has 22 atom stereocenters. The van der Waals surface area contributed by atoms with Gasteiger partial charge in [-0.1, -0.05) is 139 Å². The van der Waals surface area contributed by atoms with Crippen LogP contribution in [0.1, 0.15) is 269 Å². The molecule has 0 spiro atoms. The van der Waals surface area contributed by atoms with Crippen LogP contribution < -0.4 is 34.9 Å². The quantitative estimate of drug-likeness (QED) is 0.0830. The molecule has 10 fully saturated rings. The zero-order valence-corrected chi connectivity index (χ0v) is 65.4. The first-order chi connectivity index (χ1) is 45.0. The number of nitrogens with one attached hydrogen (secondary N) is 1. The fourth-order valence-corrected chi connectivity index (χ4v) is 25.2. The summed E-state index contributed by atoms with van der Waals surface area (Å²) in [5.41, 5.74) is 6.43. The van der Waals surface area contributed by atoms with Crippen molar-refractivity contribution >= 4 is 43.8 Å². The minimum Gasteiger partial charge on any atom is -0.702 e. The van der Waals surface area contributed by atoms with Gasteiger partial charge in [-0.25, -0.2) is 0 Å². The fraction of sp³-hybridized carbons (Fsp3) is 0.802. The first-order valence-corrected chi connectivity index (χ1v) is 36.1. The third kappa shape index (κ3) is 14.9. The minimum atomic E-state index is -0.833. The van der Waals surface area contributed by atoms with Crippen molar-refractivity contribution < 1.29 is 85.0 Å². The molecule has 12 nitrogen and oxygen atoms in total. The molecule has 0 amide bonds. The van der Waals surface area contributed by atoms with Crippen molar-refractivity contribution in [2.45, 2.75) is 267 Å². The Morgan fingerprint density at radius 2 is 0.968 bits per heavy atom. The first kappa shape index (κ1) is 79.1. The number of carbonyl (C=O) groups is 6. The zero-order chi connectivity index (χ0) is 72.0. The summed E-state index contributed by atoms with van der Waals surface area (Å²) in [6.45, 7) is 49.3. The normalized spacial score (nSPS) is 42.9. The Morgan fingerprint density at radius 1 is 0.547 bits per heavy atom. The van der Waals surface area contributed by atoms with Crippen LogP contribution in [0.5, 0.6) is 0 Å². The van der Waals surface area contributed by atoms with E-state index in [-0.39, 0.29) is 68.6 Å². The molecule has 530 valence electrons. The Balaban J connectivity index is 0.000000284. The molecule has 14 heteroatoms. The van der Waals surface area contributed by atoms with E-state index in [1.54, 1.807) is 13.8 Å². The molecule has 0 saturated heterocycles. The van der Waals surface area contributed by atoms with Gasteiger partial charge in [0, 0.05) is 66.7 Å². The molecule has 2 radical (unpaired) electrons. The standard InChI is InChI=1S/C40H61NO2.C33H52O3.C4H6BO4.C2H4O2.2CH4.Na/c1-27(2)31-17-21-40(25-41-24-30-12-10-9-11-13-30)23-22-38(7)32(35(31)40)14-15-34-36(5)19-16-28(3)37(6,26-43-29(4)42)33(36)18-20-39(34,38)8;1-21(2)24-12-16-33(19-34)18-17-31(7)25(28(24)33)9-10-27-29(5)14-11-22(3)30(6,20-36-23(4)35)26(29)13-15-32(27,31)8;1-3(6)8-5-9-4(2)7;1-2(3)4;;;/h9-13,28,31-35,41H,1,14-26H2,2-8H3;19,22,24-28H,1,9-18,20H2,2-8H3;1-2H3;1H3,(H,3,4);2*1H4;/q;;-1;;;;+1/t28-,31-,32?,33?,34?,35?,36-,37+,38+,39+,40+;22-,24-,25?,26?,27?,28?,29-,30+,31+,32+,33+;;;;;/m00...../s1/i;;;;2*1D;. The molecular weight excluding hydrogens is 1200 g/mol. The van der Waals surface area contributed by atoms with Crippen molar-refractivity contribution in [1.29, 1.82) is 0 Å². The summed E-state index contributed by atoms with van der Waals surface area (Å²) in [5, 5.41) is 11.4. The van der Waals surface area contributed by atoms with Crippen LogP contribution in [0, 0.1) is 125 Å². The predicted octanol–water partition coefficient (Wildman–Crippen LogP) is 15.6. The number of aldehydes is 1. The number of ether oxygens (including phenoxy) is 2. The Hall–Kier alpha value is -3.26. The molecular formula is C81H131BNNaO11. The van der Waals surface area contributed by atoms with E-state index in [1.165, 1.54) is 161 Å². The molecule has 0 aliphatic heterocycles. The van der Waals surface area contributed by atoms with E-state index in [0.29, 0.717) is 101 Å². The summed E-state index contributed by atoms with van der Waals surface area (Å²) in [7, 11) is 3.20. The number of allylic oxidation sites excluding steroid dienone is 2. The maximum Gasteiger partial charge on any atom is 1.00 e. The van der Waals surface area contributed by atoms with Crippen LogP contribution >= 0.6 is 0 Å². The summed E-state index contributed by atoms with van der Waals surface area (Å²) in [6, 6.07) is 11.0. The smallest absolute Gasteiger partial charge is 0.702 e. The largest absolute Gasteiger partial charge is 1.00 e. The molecule has 10 aliphatic rings. The van der Waals surface area contributed by atoms with Gasteiger partial charge in [-0.3, -0.25) is 24.0 Å². The molecule has 0 heterocycles. The number of benzene rings is 1. The number of hydrogen-bond acceptors (Lipinski definition) is 11. The van der Waals surface area contributed by atoms with Gasteiger partial charge in [0.15, 0.2) is 0 Å². The van der Waals surface area contributed by atoms with Gasteiger partial charge in [0.1, 0.15) is 14.0 Å². The first-order valence-electron chi connectivity index (χ1n) is 38.1. The van der Waals surface area contributed by atoms with E-state index in [2.05, 4.69) is 141 Å². The molecule has 0 aromatic heterocycles. The van der Waals surface area contributed by atoms with Gasteiger partial charge < -0.3 is 34.0 Å². The Morgan fingerprint density at radius 3 is 1.39 bits per heavy atom. The summed E-state index contributed by atoms with van der Waals surface area (Å²) in [6.07, 6.45) is 26.8. The molecule has 0 bridgehead atoms. The molecule has 11 rings (SSSR count). The molecule has 1 aromatic carbocycles. The van der Waals surface area contributed by atoms with Gasteiger partial charge in [-0.2, -0.15) is 0 Å². The average Bonchev–Trinajstić information content (AvgIpc) is 1.57. The molecule has 95 heavy (non-hydrogen) atoms. The van der Waals surface area contributed by atoms with E-state index < -0.39 is 17.9 Å². The summed E-state index contributed by atoms with van der Waals surface area (Å²) < 4.78 is 31.3. The van der Waals surface area contributed by atoms with Crippen LogP contribution in [-0.4, -0.2) is 68.7 Å². The van der Waals surface area contributed by atoms with E-state index in [1.807, 2.05) is 0 Å². The Kier molecular flexibility index (Phi) is 26.1. The molecule has 8 unspecified atom stereocenters. The Labute approximate surface area is 602 Å². The van der Waals surface area contributed by atoms with Gasteiger partial charge in [-0.15, -0.1) is 0 Å². The average molecular weight is 1330 g/mol. The van der Waals surface area contributed by atoms with Gasteiger partial charge in [0.2, 0.25) is 0 Å². The number of esters is 2. The Bertz CT molecular complexity index is 2880. The van der Waals surface area contributed by atoms with Crippen molar-refractivity contribution in [3.8, 4) is 0 Å². The van der Waals surface area contributed by atoms with Crippen LogP contribution in [0.4, 0.5) is 0 Å². The van der Waals surface area contributed by atoms with Crippen LogP contribution in [0.15, 0.2) is 54.6 Å². The molecule has 1 aromatic rings. The zero-order valence-electron chi connectivity index (χ0n) is 65.4. The van der Waals surface area contributed by atoms with Gasteiger partial charge in [0.25, 0.3) is 17.9 Å². The number of carbonyl (C=O) groups excluding carboxylic acids is 5. The number of aliphatic carboxylic acids is 1. The third-order valence-corrected chi connectivity index (χ3v) is 30.5. The summed E-state index contributed by atoms with van der Waals surface area (Å²) >= 11 is 0. The maximum absolute atomic E-state index is 12.7. The van der Waals surface area contributed by atoms with Crippen molar-refractivity contribution in [1.82, 2.24) is 5.32 Å². The van der Waals surface area contributed by atoms with Gasteiger partial charge >= 0.3 is 41.5 Å². The van der Waals surface area contributed by atoms with E-state index in [0.717, 1.165) is 57.0 Å². The van der Waals surface area contributed by atoms with Crippen molar-refractivity contribution in [3.63, 3.8) is 0 Å². The second kappa shape index (κ2) is 31.3.